The predicted octanol–water partition coefficient (Wildman–Crippen LogP) is 0.687. The first kappa shape index (κ1) is 7.06. The van der Waals surface area contributed by atoms with E-state index in [-0.39, 0.29) is 0 Å². The van der Waals surface area contributed by atoms with E-state index in [0.717, 1.165) is 0 Å². The third-order valence-electron chi connectivity index (χ3n) is 2.01. The molecule has 54 valence electrons. The highest BCUT2D eigenvalue weighted by Crippen LogP contribution is 2.23. The number of rotatable bonds is 0. The molecule has 1 rings (SSSR count). The monoisotopic (exact) mass is 148 g/mol. The van der Waals surface area contributed by atoms with Gasteiger partial charge in [0.15, 0.2) is 9.84 Å². The molecule has 2 atom stereocenters. The number of hydrogen-bond acceptors (Lipinski definition) is 2. The molecule has 0 radical (unpaired) electrons. The van der Waals surface area contributed by atoms with Gasteiger partial charge in [0.25, 0.3) is 0 Å². The highest BCUT2D eigenvalue weighted by molar-refractivity contribution is 7.91. The minimum atomic E-state index is -2.64. The summed E-state index contributed by atoms with van der Waals surface area (Å²) in [4.78, 5) is 0. The van der Waals surface area contributed by atoms with Crippen molar-refractivity contribution >= 4 is 9.84 Å². The van der Waals surface area contributed by atoms with Crippen molar-refractivity contribution in [3.63, 3.8) is 0 Å². The van der Waals surface area contributed by atoms with E-state index in [0.29, 0.717) is 23.3 Å². The number of hydrogen-bond donors (Lipinski definition) is 0. The molecule has 0 N–H and O–H groups in total. The van der Waals surface area contributed by atoms with Gasteiger partial charge in [-0.2, -0.15) is 0 Å². The molecule has 9 heavy (non-hydrogen) atoms. The first-order chi connectivity index (χ1) is 4.01. The maximum absolute atomic E-state index is 10.9. The van der Waals surface area contributed by atoms with E-state index in [9.17, 15) is 8.42 Å². The van der Waals surface area contributed by atoms with Gasteiger partial charge in [0.2, 0.25) is 0 Å². The van der Waals surface area contributed by atoms with E-state index in [4.69, 9.17) is 0 Å². The first-order valence-electron chi connectivity index (χ1n) is 3.22. The fourth-order valence-electron chi connectivity index (χ4n) is 1.20. The lowest BCUT2D eigenvalue weighted by Gasteiger charge is -2.02. The Morgan fingerprint density at radius 2 is 1.44 bits per heavy atom. The van der Waals surface area contributed by atoms with Crippen LogP contribution in [0.5, 0.6) is 0 Å². The Morgan fingerprint density at radius 3 is 1.56 bits per heavy atom. The molecule has 0 aromatic carbocycles. The van der Waals surface area contributed by atoms with Gasteiger partial charge in [0, 0.05) is 0 Å². The molecule has 0 saturated carbocycles. The van der Waals surface area contributed by atoms with Crippen molar-refractivity contribution in [2.75, 3.05) is 11.5 Å². The van der Waals surface area contributed by atoms with E-state index in [1.165, 1.54) is 0 Å². The summed E-state index contributed by atoms with van der Waals surface area (Å²) in [6, 6.07) is 0. The van der Waals surface area contributed by atoms with Crippen LogP contribution in [-0.4, -0.2) is 19.9 Å². The smallest absolute Gasteiger partial charge is 0.150 e. The van der Waals surface area contributed by atoms with Crippen molar-refractivity contribution in [1.82, 2.24) is 0 Å². The lowest BCUT2D eigenvalue weighted by atomic mass is 10.0. The van der Waals surface area contributed by atoms with Crippen LogP contribution in [0.4, 0.5) is 0 Å². The van der Waals surface area contributed by atoms with E-state index in [1.807, 2.05) is 13.8 Å². The van der Waals surface area contributed by atoms with Crippen LogP contribution in [-0.2, 0) is 9.84 Å². The van der Waals surface area contributed by atoms with Crippen LogP contribution < -0.4 is 0 Å². The Hall–Kier alpha value is -0.0500. The SMILES string of the molecule is C[C@@H]1CS(=O)(=O)C[C@@H]1C. The maximum atomic E-state index is 10.9. The highest BCUT2D eigenvalue weighted by Gasteiger charge is 2.30. The zero-order chi connectivity index (χ0) is 7.07. The first-order valence-corrected chi connectivity index (χ1v) is 5.04. The molecule has 2 nitrogen and oxygen atoms in total. The average molecular weight is 148 g/mol. The molecule has 0 aromatic rings. The molecule has 0 aromatic heterocycles. The van der Waals surface area contributed by atoms with Crippen molar-refractivity contribution in [2.45, 2.75) is 13.8 Å². The summed E-state index contributed by atoms with van der Waals surface area (Å²) >= 11 is 0. The van der Waals surface area contributed by atoms with Gasteiger partial charge in [-0.15, -0.1) is 0 Å². The summed E-state index contributed by atoms with van der Waals surface area (Å²) in [7, 11) is -2.64. The van der Waals surface area contributed by atoms with Crippen molar-refractivity contribution in [1.29, 1.82) is 0 Å². The van der Waals surface area contributed by atoms with Crippen molar-refractivity contribution in [2.24, 2.45) is 11.8 Å². The van der Waals surface area contributed by atoms with Crippen LogP contribution in [0.1, 0.15) is 13.8 Å². The van der Waals surface area contributed by atoms with Gasteiger partial charge >= 0.3 is 0 Å². The molecule has 3 heteroatoms. The Balaban J connectivity index is 2.77. The second kappa shape index (κ2) is 1.97. The number of sulfone groups is 1. The molecule has 0 spiro atoms. The van der Waals surface area contributed by atoms with Crippen LogP contribution in [0.15, 0.2) is 0 Å². The van der Waals surface area contributed by atoms with Crippen molar-refractivity contribution in [3.8, 4) is 0 Å². The van der Waals surface area contributed by atoms with E-state index in [2.05, 4.69) is 0 Å². The van der Waals surface area contributed by atoms with Crippen LogP contribution in [0.25, 0.3) is 0 Å². The summed E-state index contributed by atoms with van der Waals surface area (Å²) in [5.41, 5.74) is 0. The van der Waals surface area contributed by atoms with Crippen molar-refractivity contribution < 1.29 is 8.42 Å². The Kier molecular flexibility index (Phi) is 1.55. The molecule has 0 amide bonds. The summed E-state index contributed by atoms with van der Waals surface area (Å²) in [5.74, 6) is 1.53. The minimum absolute atomic E-state index is 0.370. The van der Waals surface area contributed by atoms with Crippen LogP contribution >= 0.6 is 0 Å². The van der Waals surface area contributed by atoms with Gasteiger partial charge in [-0.1, -0.05) is 13.8 Å². The zero-order valence-electron chi connectivity index (χ0n) is 5.79. The van der Waals surface area contributed by atoms with E-state index < -0.39 is 9.84 Å². The van der Waals surface area contributed by atoms with Crippen molar-refractivity contribution in [3.05, 3.63) is 0 Å². The zero-order valence-corrected chi connectivity index (χ0v) is 6.61. The van der Waals surface area contributed by atoms with E-state index >= 15 is 0 Å². The molecule has 1 heterocycles. The summed E-state index contributed by atoms with van der Waals surface area (Å²) in [6.45, 7) is 3.99. The normalized spacial score (nSPS) is 41.1. The summed E-state index contributed by atoms with van der Waals surface area (Å²) in [5, 5.41) is 0. The molecular weight excluding hydrogens is 136 g/mol. The summed E-state index contributed by atoms with van der Waals surface area (Å²) in [6.07, 6.45) is 0. The lowest BCUT2D eigenvalue weighted by Crippen LogP contribution is -2.01. The van der Waals surface area contributed by atoms with Crippen LogP contribution in [0.3, 0.4) is 0 Å². The quantitative estimate of drug-likeness (QED) is 0.506. The van der Waals surface area contributed by atoms with Crippen LogP contribution in [0, 0.1) is 11.8 Å². The second-order valence-corrected chi connectivity index (χ2v) is 5.19. The standard InChI is InChI=1S/C6H12O2S/c1-5-3-9(7,8)4-6(5)2/h5-6H,3-4H2,1-2H3/t5-,6+. The maximum Gasteiger partial charge on any atom is 0.150 e. The van der Waals surface area contributed by atoms with Gasteiger partial charge in [0.1, 0.15) is 0 Å². The lowest BCUT2D eigenvalue weighted by molar-refractivity contribution is 0.494. The molecule has 0 unspecified atom stereocenters. The molecule has 1 saturated heterocycles. The minimum Gasteiger partial charge on any atom is -0.229 e. The third-order valence-corrected chi connectivity index (χ3v) is 4.07. The molecule has 1 aliphatic heterocycles. The average Bonchev–Trinajstić information content (AvgIpc) is 1.79. The molecular formula is C6H12O2S. The van der Waals surface area contributed by atoms with Gasteiger partial charge in [-0.05, 0) is 11.8 Å². The largest absolute Gasteiger partial charge is 0.229 e. The fourth-order valence-corrected chi connectivity index (χ4v) is 3.59. The molecule has 0 bridgehead atoms. The van der Waals surface area contributed by atoms with Gasteiger partial charge < -0.3 is 0 Å². The van der Waals surface area contributed by atoms with Gasteiger partial charge in [0.05, 0.1) is 11.5 Å². The highest BCUT2D eigenvalue weighted by atomic mass is 32.2. The fraction of sp³-hybridized carbons (Fsp3) is 1.00. The Labute approximate surface area is 56.2 Å². The topological polar surface area (TPSA) is 34.1 Å². The van der Waals surface area contributed by atoms with Crippen LogP contribution in [0.2, 0.25) is 0 Å². The van der Waals surface area contributed by atoms with Gasteiger partial charge in [-0.3, -0.25) is 0 Å². The van der Waals surface area contributed by atoms with E-state index in [1.54, 1.807) is 0 Å². The third kappa shape index (κ3) is 1.45. The second-order valence-electron chi connectivity index (χ2n) is 3.03. The molecule has 1 fully saturated rings. The predicted molar refractivity (Wildman–Crippen MR) is 37.0 cm³/mol. The Bertz CT molecular complexity index is 177. The molecule has 1 aliphatic rings. The summed E-state index contributed by atoms with van der Waals surface area (Å²) < 4.78 is 21.7. The Morgan fingerprint density at radius 1 is 1.11 bits per heavy atom. The van der Waals surface area contributed by atoms with Gasteiger partial charge in [-0.25, -0.2) is 8.42 Å². The molecule has 0 aliphatic carbocycles.